The van der Waals surface area contributed by atoms with Crippen LogP contribution in [0.5, 0.6) is 0 Å². The van der Waals surface area contributed by atoms with Crippen molar-refractivity contribution >= 4 is 11.6 Å². The molecule has 0 amide bonds. The van der Waals surface area contributed by atoms with E-state index in [0.717, 1.165) is 13.0 Å². The minimum Gasteiger partial charge on any atom is -0.307 e. The number of benzene rings is 1. The molecular formula is C12H15ClFN5. The van der Waals surface area contributed by atoms with E-state index in [0.29, 0.717) is 11.5 Å². The number of halogens is 2. The summed E-state index contributed by atoms with van der Waals surface area (Å²) in [6.07, 6.45) is 1.02. The van der Waals surface area contributed by atoms with E-state index in [1.165, 1.54) is 12.1 Å². The molecule has 1 aromatic heterocycles. The number of nitrogens with zero attached hydrogens (tertiary/aromatic N) is 4. The lowest BCUT2D eigenvalue weighted by atomic mass is 10.2. The lowest BCUT2D eigenvalue weighted by Gasteiger charge is -2.13. The second kappa shape index (κ2) is 6.08. The van der Waals surface area contributed by atoms with Crippen molar-refractivity contribution in [3.05, 3.63) is 34.9 Å². The Hall–Kier alpha value is -1.53. The second-order valence-electron chi connectivity index (χ2n) is 4.22. The third-order valence-corrected chi connectivity index (χ3v) is 3.02. The van der Waals surface area contributed by atoms with Crippen LogP contribution in [0.4, 0.5) is 4.39 Å². The van der Waals surface area contributed by atoms with Gasteiger partial charge in [-0.3, -0.25) is 0 Å². The summed E-state index contributed by atoms with van der Waals surface area (Å²) in [4.78, 5) is 0. The quantitative estimate of drug-likeness (QED) is 0.916. The maximum absolute atomic E-state index is 13.2. The van der Waals surface area contributed by atoms with Crippen LogP contribution in [-0.2, 0) is 0 Å². The van der Waals surface area contributed by atoms with Gasteiger partial charge in [-0.2, -0.15) is 4.68 Å². The number of tetrazole rings is 1. The molecule has 1 heterocycles. The van der Waals surface area contributed by atoms with E-state index in [1.54, 1.807) is 10.7 Å². The van der Waals surface area contributed by atoms with Crippen LogP contribution in [0.2, 0.25) is 5.02 Å². The van der Waals surface area contributed by atoms with Gasteiger partial charge in [0.1, 0.15) is 5.82 Å². The van der Waals surface area contributed by atoms with Gasteiger partial charge in [-0.25, -0.2) is 4.39 Å². The predicted molar refractivity (Wildman–Crippen MR) is 70.8 cm³/mol. The van der Waals surface area contributed by atoms with E-state index in [1.807, 2.05) is 6.92 Å². The molecule has 19 heavy (non-hydrogen) atoms. The molecule has 1 atom stereocenters. The molecule has 1 N–H and O–H groups in total. The molecule has 0 radical (unpaired) electrons. The smallest absolute Gasteiger partial charge is 0.173 e. The minimum atomic E-state index is -0.461. The Morgan fingerprint density at radius 3 is 2.95 bits per heavy atom. The Morgan fingerprint density at radius 2 is 2.26 bits per heavy atom. The summed E-state index contributed by atoms with van der Waals surface area (Å²) < 4.78 is 14.7. The van der Waals surface area contributed by atoms with E-state index in [-0.39, 0.29) is 11.1 Å². The maximum atomic E-state index is 13.2. The molecule has 2 rings (SSSR count). The van der Waals surface area contributed by atoms with Crippen LogP contribution in [-0.4, -0.2) is 26.8 Å². The Balaban J connectivity index is 2.30. The zero-order valence-electron chi connectivity index (χ0n) is 10.8. The largest absolute Gasteiger partial charge is 0.307 e. The zero-order chi connectivity index (χ0) is 13.8. The Morgan fingerprint density at radius 1 is 1.47 bits per heavy atom. The molecule has 0 bridgehead atoms. The standard InChI is InChI=1S/C12H15ClFN5/c1-3-6-15-8(2)12-16-17-18-19(12)9-4-5-11(14)10(13)7-9/h4-5,7-8,15H,3,6H2,1-2H3. The Bertz CT molecular complexity index is 557. The van der Waals surface area contributed by atoms with Gasteiger partial charge >= 0.3 is 0 Å². The fourth-order valence-corrected chi connectivity index (χ4v) is 1.89. The van der Waals surface area contributed by atoms with Crippen LogP contribution in [0.3, 0.4) is 0 Å². The van der Waals surface area contributed by atoms with Crippen molar-refractivity contribution in [2.24, 2.45) is 0 Å². The van der Waals surface area contributed by atoms with Crippen LogP contribution >= 0.6 is 11.6 Å². The first-order valence-electron chi connectivity index (χ1n) is 6.10. The number of aromatic nitrogens is 4. The average molecular weight is 284 g/mol. The summed E-state index contributed by atoms with van der Waals surface area (Å²) in [7, 11) is 0. The highest BCUT2D eigenvalue weighted by molar-refractivity contribution is 6.30. The van der Waals surface area contributed by atoms with Crippen molar-refractivity contribution in [2.45, 2.75) is 26.3 Å². The number of hydrogen-bond acceptors (Lipinski definition) is 4. The van der Waals surface area contributed by atoms with Crippen molar-refractivity contribution in [3.63, 3.8) is 0 Å². The topological polar surface area (TPSA) is 55.6 Å². The molecule has 0 aliphatic carbocycles. The third kappa shape index (κ3) is 3.08. The first-order valence-corrected chi connectivity index (χ1v) is 6.48. The van der Waals surface area contributed by atoms with Crippen molar-refractivity contribution in [3.8, 4) is 5.69 Å². The maximum Gasteiger partial charge on any atom is 0.173 e. The Labute approximate surface area is 115 Å². The van der Waals surface area contributed by atoms with E-state index < -0.39 is 5.82 Å². The molecule has 1 aromatic carbocycles. The van der Waals surface area contributed by atoms with Gasteiger partial charge in [-0.1, -0.05) is 18.5 Å². The summed E-state index contributed by atoms with van der Waals surface area (Å²) >= 11 is 5.77. The van der Waals surface area contributed by atoms with Gasteiger partial charge in [-0.15, -0.1) is 5.10 Å². The molecule has 0 spiro atoms. The predicted octanol–water partition coefficient (Wildman–Crippen LogP) is 2.52. The molecule has 0 fully saturated rings. The molecular weight excluding hydrogens is 269 g/mol. The molecule has 2 aromatic rings. The van der Waals surface area contributed by atoms with Crippen molar-refractivity contribution in [1.82, 2.24) is 25.5 Å². The van der Waals surface area contributed by atoms with E-state index in [9.17, 15) is 4.39 Å². The van der Waals surface area contributed by atoms with Crippen LogP contribution in [0.1, 0.15) is 32.1 Å². The van der Waals surface area contributed by atoms with Gasteiger partial charge in [-0.05, 0) is 48.5 Å². The first-order chi connectivity index (χ1) is 9.13. The van der Waals surface area contributed by atoms with Gasteiger partial charge in [0.15, 0.2) is 5.82 Å². The Kier molecular flexibility index (Phi) is 4.44. The highest BCUT2D eigenvalue weighted by atomic mass is 35.5. The van der Waals surface area contributed by atoms with Gasteiger partial charge in [0.25, 0.3) is 0 Å². The fraction of sp³-hybridized carbons (Fsp3) is 0.417. The fourth-order valence-electron chi connectivity index (χ4n) is 1.72. The van der Waals surface area contributed by atoms with Crippen LogP contribution < -0.4 is 5.32 Å². The molecule has 0 aliphatic heterocycles. The number of rotatable bonds is 5. The van der Waals surface area contributed by atoms with Gasteiger partial charge in [0.05, 0.1) is 16.8 Å². The normalized spacial score (nSPS) is 12.6. The lowest BCUT2D eigenvalue weighted by Crippen LogP contribution is -2.22. The minimum absolute atomic E-state index is 0.00113. The SMILES string of the molecule is CCCNC(C)c1nnnn1-c1ccc(F)c(Cl)c1. The average Bonchev–Trinajstić information content (AvgIpc) is 2.88. The monoisotopic (exact) mass is 283 g/mol. The van der Waals surface area contributed by atoms with E-state index in [2.05, 4.69) is 27.8 Å². The molecule has 102 valence electrons. The van der Waals surface area contributed by atoms with Crippen molar-refractivity contribution in [2.75, 3.05) is 6.54 Å². The molecule has 0 saturated heterocycles. The first kappa shape index (κ1) is 13.9. The summed E-state index contributed by atoms with van der Waals surface area (Å²) in [5.41, 5.74) is 0.636. The lowest BCUT2D eigenvalue weighted by molar-refractivity contribution is 0.531. The number of nitrogens with one attached hydrogen (secondary N) is 1. The van der Waals surface area contributed by atoms with Gasteiger partial charge < -0.3 is 5.32 Å². The third-order valence-electron chi connectivity index (χ3n) is 2.73. The molecule has 5 nitrogen and oxygen atoms in total. The van der Waals surface area contributed by atoms with Crippen molar-refractivity contribution in [1.29, 1.82) is 0 Å². The van der Waals surface area contributed by atoms with E-state index in [4.69, 9.17) is 11.6 Å². The summed E-state index contributed by atoms with van der Waals surface area (Å²) in [6.45, 7) is 4.93. The second-order valence-corrected chi connectivity index (χ2v) is 4.63. The van der Waals surface area contributed by atoms with Gasteiger partial charge in [0, 0.05) is 0 Å². The molecule has 0 saturated carbocycles. The molecule has 7 heteroatoms. The van der Waals surface area contributed by atoms with Crippen LogP contribution in [0.25, 0.3) is 5.69 Å². The van der Waals surface area contributed by atoms with Gasteiger partial charge in [0.2, 0.25) is 0 Å². The van der Waals surface area contributed by atoms with Crippen LogP contribution in [0.15, 0.2) is 18.2 Å². The summed E-state index contributed by atoms with van der Waals surface area (Å²) in [6, 6.07) is 4.39. The highest BCUT2D eigenvalue weighted by Crippen LogP contribution is 2.20. The molecule has 0 aliphatic rings. The van der Waals surface area contributed by atoms with E-state index >= 15 is 0 Å². The van der Waals surface area contributed by atoms with Crippen molar-refractivity contribution < 1.29 is 4.39 Å². The zero-order valence-corrected chi connectivity index (χ0v) is 11.5. The van der Waals surface area contributed by atoms with Crippen LogP contribution in [0, 0.1) is 5.82 Å². The summed E-state index contributed by atoms with van der Waals surface area (Å²) in [5, 5.41) is 14.9. The summed E-state index contributed by atoms with van der Waals surface area (Å²) in [5.74, 6) is 0.202. The number of hydrogen-bond donors (Lipinski definition) is 1. The molecule has 1 unspecified atom stereocenters. The highest BCUT2D eigenvalue weighted by Gasteiger charge is 2.15.